The maximum atomic E-state index is 12.9. The van der Waals surface area contributed by atoms with Crippen molar-refractivity contribution in [3.8, 4) is 0 Å². The molecule has 2 rings (SSSR count). The van der Waals surface area contributed by atoms with Crippen molar-refractivity contribution in [3.63, 3.8) is 0 Å². The summed E-state index contributed by atoms with van der Waals surface area (Å²) < 4.78 is 24.7. The van der Waals surface area contributed by atoms with Gasteiger partial charge in [0.05, 0.1) is 0 Å². The van der Waals surface area contributed by atoms with Crippen molar-refractivity contribution in [2.45, 2.75) is 48.7 Å². The first-order valence-corrected chi connectivity index (χ1v) is 9.68. The summed E-state index contributed by atoms with van der Waals surface area (Å²) in [4.78, 5) is 0. The van der Waals surface area contributed by atoms with Gasteiger partial charge in [-0.15, -0.1) is 23.5 Å². The second-order valence-electron chi connectivity index (χ2n) is 6.01. The zero-order valence-corrected chi connectivity index (χ0v) is 13.5. The van der Waals surface area contributed by atoms with Gasteiger partial charge >= 0.3 is 0 Å². The lowest BCUT2D eigenvalue weighted by Crippen LogP contribution is -2.43. The van der Waals surface area contributed by atoms with Crippen molar-refractivity contribution >= 4 is 33.4 Å². The number of thioether (sulfide) groups is 2. The molecule has 17 heavy (non-hydrogen) atoms. The number of sulfone groups is 1. The molecule has 4 atom stereocenters. The van der Waals surface area contributed by atoms with Crippen LogP contribution in [0.15, 0.2) is 0 Å². The minimum Gasteiger partial charge on any atom is -0.226 e. The standard InChI is InChI=1S/C12H22O2S3/c1-9-5-11(3,15-7-9)17(13,14)12(4)6-10(2)8-16-12/h9-10H,5-8H2,1-4H3. The lowest BCUT2D eigenvalue weighted by Gasteiger charge is -2.33. The number of hydrogen-bond donors (Lipinski definition) is 0. The first-order chi connectivity index (χ1) is 7.70. The maximum Gasteiger partial charge on any atom is 0.179 e. The quantitative estimate of drug-likeness (QED) is 0.782. The lowest BCUT2D eigenvalue weighted by atomic mass is 10.1. The van der Waals surface area contributed by atoms with Gasteiger partial charge in [0.15, 0.2) is 9.84 Å². The molecule has 0 aromatic heterocycles. The van der Waals surface area contributed by atoms with E-state index in [1.165, 1.54) is 0 Å². The van der Waals surface area contributed by atoms with Crippen LogP contribution in [0.2, 0.25) is 0 Å². The highest BCUT2D eigenvalue weighted by molar-refractivity contribution is 8.22. The van der Waals surface area contributed by atoms with Crippen LogP contribution >= 0.6 is 23.5 Å². The first kappa shape index (κ1) is 14.1. The van der Waals surface area contributed by atoms with Crippen LogP contribution in [0.5, 0.6) is 0 Å². The molecule has 0 aliphatic carbocycles. The maximum absolute atomic E-state index is 12.9. The van der Waals surface area contributed by atoms with Gasteiger partial charge in [-0.05, 0) is 50.0 Å². The van der Waals surface area contributed by atoms with Crippen LogP contribution in [-0.4, -0.2) is 28.1 Å². The van der Waals surface area contributed by atoms with E-state index in [4.69, 9.17) is 0 Å². The SMILES string of the molecule is CC1CSC(C)(S(=O)(=O)C2(C)CC(C)CS2)C1. The number of rotatable bonds is 2. The number of hydrogen-bond acceptors (Lipinski definition) is 4. The zero-order chi connectivity index (χ0) is 12.9. The molecule has 5 heteroatoms. The van der Waals surface area contributed by atoms with Crippen LogP contribution in [0.25, 0.3) is 0 Å². The normalized spacial score (nSPS) is 47.5. The molecule has 0 aromatic rings. The minimum atomic E-state index is -3.08. The van der Waals surface area contributed by atoms with Crippen LogP contribution in [0, 0.1) is 11.8 Å². The highest BCUT2D eigenvalue weighted by Gasteiger charge is 2.56. The molecular weight excluding hydrogens is 272 g/mol. The van der Waals surface area contributed by atoms with Crippen LogP contribution in [0.1, 0.15) is 40.5 Å². The largest absolute Gasteiger partial charge is 0.226 e. The van der Waals surface area contributed by atoms with E-state index < -0.39 is 18.0 Å². The Morgan fingerprint density at radius 2 is 1.29 bits per heavy atom. The van der Waals surface area contributed by atoms with Crippen molar-refractivity contribution in [2.24, 2.45) is 11.8 Å². The first-order valence-electron chi connectivity index (χ1n) is 6.22. The Kier molecular flexibility index (Phi) is 3.59. The van der Waals surface area contributed by atoms with E-state index in [2.05, 4.69) is 13.8 Å². The van der Waals surface area contributed by atoms with Crippen molar-refractivity contribution in [2.75, 3.05) is 11.5 Å². The summed E-state index contributed by atoms with van der Waals surface area (Å²) in [6.07, 6.45) is 1.62. The Bertz CT molecular complexity index is 374. The fourth-order valence-corrected chi connectivity index (χ4v) is 10.1. The molecule has 2 heterocycles. The molecule has 0 saturated carbocycles. The lowest BCUT2D eigenvalue weighted by molar-refractivity contribution is 0.511. The van der Waals surface area contributed by atoms with Crippen molar-refractivity contribution in [3.05, 3.63) is 0 Å². The molecule has 2 fully saturated rings. The third-order valence-corrected chi connectivity index (χ3v) is 11.6. The van der Waals surface area contributed by atoms with Gasteiger partial charge in [-0.1, -0.05) is 13.8 Å². The van der Waals surface area contributed by atoms with E-state index in [0.717, 1.165) is 24.3 Å². The minimum absolute atomic E-state index is 0.521. The Hall–Kier alpha value is 0.650. The average molecular weight is 295 g/mol. The van der Waals surface area contributed by atoms with Crippen LogP contribution in [0.3, 0.4) is 0 Å². The Labute approximate surface area is 114 Å². The van der Waals surface area contributed by atoms with Gasteiger partial charge in [-0.3, -0.25) is 0 Å². The molecule has 100 valence electrons. The summed E-state index contributed by atoms with van der Waals surface area (Å²) in [5.41, 5.74) is 0. The van der Waals surface area contributed by atoms with Gasteiger partial charge in [-0.2, -0.15) is 0 Å². The zero-order valence-electron chi connectivity index (χ0n) is 11.0. The van der Waals surface area contributed by atoms with E-state index in [0.29, 0.717) is 11.8 Å². The van der Waals surface area contributed by atoms with Gasteiger partial charge in [-0.25, -0.2) is 8.42 Å². The van der Waals surface area contributed by atoms with Gasteiger partial charge in [0.25, 0.3) is 0 Å². The summed E-state index contributed by atoms with van der Waals surface area (Å²) in [5, 5.41) is 0. The molecule has 0 radical (unpaired) electrons. The van der Waals surface area contributed by atoms with Crippen molar-refractivity contribution in [1.82, 2.24) is 0 Å². The Morgan fingerprint density at radius 1 is 0.941 bits per heavy atom. The molecule has 0 bridgehead atoms. The van der Waals surface area contributed by atoms with Crippen LogP contribution < -0.4 is 0 Å². The van der Waals surface area contributed by atoms with Crippen LogP contribution in [-0.2, 0) is 9.84 Å². The third-order valence-electron chi connectivity index (χ3n) is 3.92. The van der Waals surface area contributed by atoms with E-state index >= 15 is 0 Å². The second kappa shape index (κ2) is 4.34. The monoisotopic (exact) mass is 294 g/mol. The molecule has 2 saturated heterocycles. The second-order valence-corrected chi connectivity index (χ2v) is 12.4. The Morgan fingerprint density at radius 3 is 1.53 bits per heavy atom. The average Bonchev–Trinajstić information content (AvgIpc) is 2.73. The molecule has 0 N–H and O–H groups in total. The third kappa shape index (κ3) is 2.16. The fraction of sp³-hybridized carbons (Fsp3) is 1.00. The molecule has 2 aliphatic heterocycles. The smallest absolute Gasteiger partial charge is 0.179 e. The summed E-state index contributed by atoms with van der Waals surface area (Å²) in [6.45, 7) is 8.18. The van der Waals surface area contributed by atoms with E-state index in [-0.39, 0.29) is 0 Å². The summed E-state index contributed by atoms with van der Waals surface area (Å²) in [5.74, 6) is 3.00. The molecule has 0 amide bonds. The summed E-state index contributed by atoms with van der Waals surface area (Å²) >= 11 is 3.29. The molecule has 2 nitrogen and oxygen atoms in total. The van der Waals surface area contributed by atoms with Crippen molar-refractivity contribution < 1.29 is 8.42 Å². The summed E-state index contributed by atoms with van der Waals surface area (Å²) in [6, 6.07) is 0. The predicted octanol–water partition coefficient (Wildman–Crippen LogP) is 3.38. The highest BCUT2D eigenvalue weighted by atomic mass is 32.3. The molecule has 4 unspecified atom stereocenters. The Balaban J connectivity index is 2.31. The van der Waals surface area contributed by atoms with Crippen LogP contribution in [0.4, 0.5) is 0 Å². The topological polar surface area (TPSA) is 34.1 Å². The van der Waals surface area contributed by atoms with E-state index in [1.807, 2.05) is 13.8 Å². The fourth-order valence-electron chi connectivity index (χ4n) is 2.97. The van der Waals surface area contributed by atoms with E-state index in [9.17, 15) is 8.42 Å². The predicted molar refractivity (Wildman–Crippen MR) is 78.2 cm³/mol. The highest BCUT2D eigenvalue weighted by Crippen LogP contribution is 2.55. The molecule has 0 aromatic carbocycles. The molecule has 0 spiro atoms. The molecular formula is C12H22O2S3. The van der Waals surface area contributed by atoms with Crippen molar-refractivity contribution in [1.29, 1.82) is 0 Å². The van der Waals surface area contributed by atoms with Gasteiger partial charge in [0.2, 0.25) is 0 Å². The van der Waals surface area contributed by atoms with E-state index in [1.54, 1.807) is 23.5 Å². The van der Waals surface area contributed by atoms with Gasteiger partial charge in [0, 0.05) is 0 Å². The summed E-state index contributed by atoms with van der Waals surface area (Å²) in [7, 11) is -3.08. The molecule has 2 aliphatic rings. The van der Waals surface area contributed by atoms with Gasteiger partial charge < -0.3 is 0 Å². The van der Waals surface area contributed by atoms with Gasteiger partial charge in [0.1, 0.15) is 8.16 Å².